The molecule has 1 atom stereocenters. The standard InChI is InChI=1S/C13H16N2O7/c1-3-22-13(18)9-5-4-8(15(19)20)6-10(9)14-12(17)11(7-16)21-2/h4-6,11,16H,3,7H2,1-2H3,(H,14,17). The van der Waals surface area contributed by atoms with Crippen LogP contribution in [0.3, 0.4) is 0 Å². The van der Waals surface area contributed by atoms with Gasteiger partial charge in [-0.2, -0.15) is 0 Å². The predicted octanol–water partition coefficient (Wildman–Crippen LogP) is 0.717. The third kappa shape index (κ3) is 4.24. The summed E-state index contributed by atoms with van der Waals surface area (Å²) in [6.07, 6.45) is -1.16. The molecular weight excluding hydrogens is 296 g/mol. The van der Waals surface area contributed by atoms with Crippen LogP contribution in [-0.2, 0) is 14.3 Å². The highest BCUT2D eigenvalue weighted by atomic mass is 16.6. The third-order valence-electron chi connectivity index (χ3n) is 2.71. The number of aliphatic hydroxyl groups excluding tert-OH is 1. The van der Waals surface area contributed by atoms with Gasteiger partial charge in [-0.05, 0) is 13.0 Å². The second-order valence-corrected chi connectivity index (χ2v) is 4.10. The molecule has 0 aliphatic heterocycles. The average Bonchev–Trinajstić information content (AvgIpc) is 2.48. The van der Waals surface area contributed by atoms with Crippen LogP contribution in [0.4, 0.5) is 11.4 Å². The van der Waals surface area contributed by atoms with Gasteiger partial charge in [0.15, 0.2) is 6.10 Å². The number of carbonyl (C=O) groups is 2. The number of amides is 1. The summed E-state index contributed by atoms with van der Waals surface area (Å²) in [5.41, 5.74) is -0.428. The van der Waals surface area contributed by atoms with Crippen molar-refractivity contribution in [1.29, 1.82) is 0 Å². The number of non-ortho nitro benzene ring substituents is 1. The number of esters is 1. The molecule has 0 aromatic heterocycles. The number of rotatable bonds is 7. The molecule has 0 fully saturated rings. The molecule has 22 heavy (non-hydrogen) atoms. The van der Waals surface area contributed by atoms with Gasteiger partial charge in [0, 0.05) is 19.2 Å². The SMILES string of the molecule is CCOC(=O)c1ccc([N+](=O)[O-])cc1NC(=O)C(CO)OC. The number of anilines is 1. The van der Waals surface area contributed by atoms with Crippen molar-refractivity contribution in [3.05, 3.63) is 33.9 Å². The number of nitro benzene ring substituents is 1. The average molecular weight is 312 g/mol. The van der Waals surface area contributed by atoms with E-state index in [0.29, 0.717) is 0 Å². The molecule has 0 saturated heterocycles. The maximum absolute atomic E-state index is 11.9. The Morgan fingerprint density at radius 2 is 2.14 bits per heavy atom. The van der Waals surface area contributed by atoms with Crippen LogP contribution in [0, 0.1) is 10.1 Å². The van der Waals surface area contributed by atoms with Gasteiger partial charge in [-0.15, -0.1) is 0 Å². The van der Waals surface area contributed by atoms with Gasteiger partial charge in [0.2, 0.25) is 0 Å². The molecule has 0 heterocycles. The monoisotopic (exact) mass is 312 g/mol. The van der Waals surface area contributed by atoms with Gasteiger partial charge < -0.3 is 19.9 Å². The summed E-state index contributed by atoms with van der Waals surface area (Å²) in [6.45, 7) is 1.14. The number of hydrogen-bond donors (Lipinski definition) is 2. The second-order valence-electron chi connectivity index (χ2n) is 4.10. The van der Waals surface area contributed by atoms with Gasteiger partial charge in [0.05, 0.1) is 29.4 Å². The first-order valence-corrected chi connectivity index (χ1v) is 6.34. The van der Waals surface area contributed by atoms with Crippen LogP contribution in [-0.4, -0.2) is 48.3 Å². The van der Waals surface area contributed by atoms with Crippen LogP contribution < -0.4 is 5.32 Å². The summed E-state index contributed by atoms with van der Waals surface area (Å²) in [5, 5.41) is 22.1. The largest absolute Gasteiger partial charge is 0.462 e. The third-order valence-corrected chi connectivity index (χ3v) is 2.71. The minimum Gasteiger partial charge on any atom is -0.462 e. The van der Waals surface area contributed by atoms with Gasteiger partial charge in [0.1, 0.15) is 0 Å². The summed E-state index contributed by atoms with van der Waals surface area (Å²) >= 11 is 0. The Morgan fingerprint density at radius 3 is 2.64 bits per heavy atom. The molecule has 0 aliphatic carbocycles. The zero-order chi connectivity index (χ0) is 16.7. The molecule has 2 N–H and O–H groups in total. The molecule has 9 nitrogen and oxygen atoms in total. The van der Waals surface area contributed by atoms with Crippen LogP contribution in [0.5, 0.6) is 0 Å². The van der Waals surface area contributed by atoms with Gasteiger partial charge in [0.25, 0.3) is 11.6 Å². The Kier molecular flexibility index (Phi) is 6.42. The lowest BCUT2D eigenvalue weighted by Gasteiger charge is -2.14. The zero-order valence-electron chi connectivity index (χ0n) is 12.1. The van der Waals surface area contributed by atoms with Crippen LogP contribution in [0.1, 0.15) is 17.3 Å². The highest BCUT2D eigenvalue weighted by Crippen LogP contribution is 2.23. The van der Waals surface area contributed by atoms with Crippen molar-refractivity contribution in [3.63, 3.8) is 0 Å². The Labute approximate surface area is 126 Å². The van der Waals surface area contributed by atoms with E-state index < -0.39 is 29.5 Å². The van der Waals surface area contributed by atoms with Crippen molar-refractivity contribution < 1.29 is 29.1 Å². The van der Waals surface area contributed by atoms with Gasteiger partial charge in [-0.25, -0.2) is 4.79 Å². The fraction of sp³-hybridized carbons (Fsp3) is 0.385. The normalized spacial score (nSPS) is 11.6. The number of carbonyl (C=O) groups excluding carboxylic acids is 2. The number of benzene rings is 1. The van der Waals surface area contributed by atoms with Crippen LogP contribution in [0.25, 0.3) is 0 Å². The first-order valence-electron chi connectivity index (χ1n) is 6.34. The lowest BCUT2D eigenvalue weighted by atomic mass is 10.1. The van der Waals surface area contributed by atoms with Gasteiger partial charge in [-0.1, -0.05) is 0 Å². The molecule has 0 radical (unpaired) electrons. The van der Waals surface area contributed by atoms with Gasteiger partial charge in [-0.3, -0.25) is 14.9 Å². The van der Waals surface area contributed by atoms with E-state index in [2.05, 4.69) is 5.32 Å². The molecular formula is C13H16N2O7. The van der Waals surface area contributed by atoms with E-state index in [1.165, 1.54) is 13.2 Å². The molecule has 0 saturated carbocycles. The molecule has 1 amide bonds. The van der Waals surface area contributed by atoms with E-state index in [-0.39, 0.29) is 23.5 Å². The zero-order valence-corrected chi connectivity index (χ0v) is 12.1. The lowest BCUT2D eigenvalue weighted by Crippen LogP contribution is -2.33. The maximum atomic E-state index is 11.9. The summed E-state index contributed by atoms with van der Waals surface area (Å²) in [5.74, 6) is -1.47. The van der Waals surface area contributed by atoms with Crippen LogP contribution in [0.15, 0.2) is 18.2 Å². The summed E-state index contributed by atoms with van der Waals surface area (Å²) in [4.78, 5) is 33.8. The second kappa shape index (κ2) is 8.05. The van der Waals surface area contributed by atoms with E-state index in [0.717, 1.165) is 12.1 Å². The van der Waals surface area contributed by atoms with Crippen molar-refractivity contribution in [2.75, 3.05) is 25.6 Å². The Balaban J connectivity index is 3.16. The Morgan fingerprint density at radius 1 is 1.45 bits per heavy atom. The van der Waals surface area contributed by atoms with Crippen molar-refractivity contribution in [2.24, 2.45) is 0 Å². The van der Waals surface area contributed by atoms with E-state index in [9.17, 15) is 19.7 Å². The number of ether oxygens (including phenoxy) is 2. The smallest absolute Gasteiger partial charge is 0.340 e. The van der Waals surface area contributed by atoms with E-state index in [1.54, 1.807) is 6.92 Å². The number of nitrogens with zero attached hydrogens (tertiary/aromatic N) is 1. The lowest BCUT2D eigenvalue weighted by molar-refractivity contribution is -0.384. The topological polar surface area (TPSA) is 128 Å². The highest BCUT2D eigenvalue weighted by Gasteiger charge is 2.22. The molecule has 0 bridgehead atoms. The van der Waals surface area contributed by atoms with E-state index in [4.69, 9.17) is 14.6 Å². The molecule has 1 aromatic rings. The molecule has 0 aliphatic rings. The fourth-order valence-electron chi connectivity index (χ4n) is 1.61. The minimum absolute atomic E-state index is 0.0337. The Hall–Kier alpha value is -2.52. The molecule has 120 valence electrons. The van der Waals surface area contributed by atoms with Crippen molar-refractivity contribution >= 4 is 23.3 Å². The van der Waals surface area contributed by atoms with Gasteiger partial charge >= 0.3 is 5.97 Å². The number of aliphatic hydroxyl groups is 1. The number of nitro groups is 1. The molecule has 9 heteroatoms. The maximum Gasteiger partial charge on any atom is 0.340 e. The number of methoxy groups -OCH3 is 1. The van der Waals surface area contributed by atoms with E-state index in [1.807, 2.05) is 0 Å². The fourth-order valence-corrected chi connectivity index (χ4v) is 1.61. The van der Waals surface area contributed by atoms with E-state index >= 15 is 0 Å². The first-order chi connectivity index (χ1) is 10.4. The van der Waals surface area contributed by atoms with Crippen molar-refractivity contribution in [2.45, 2.75) is 13.0 Å². The first kappa shape index (κ1) is 17.5. The summed E-state index contributed by atoms with van der Waals surface area (Å²) < 4.78 is 9.57. The predicted molar refractivity (Wildman–Crippen MR) is 75.6 cm³/mol. The molecule has 0 spiro atoms. The molecule has 1 unspecified atom stereocenters. The summed E-state index contributed by atoms with van der Waals surface area (Å²) in [6, 6.07) is 3.35. The molecule has 1 rings (SSSR count). The van der Waals surface area contributed by atoms with Crippen molar-refractivity contribution in [3.8, 4) is 0 Å². The van der Waals surface area contributed by atoms with Crippen LogP contribution >= 0.6 is 0 Å². The van der Waals surface area contributed by atoms with Crippen molar-refractivity contribution in [1.82, 2.24) is 0 Å². The quantitative estimate of drug-likeness (QED) is 0.431. The number of hydrogen-bond acceptors (Lipinski definition) is 7. The summed E-state index contributed by atoms with van der Waals surface area (Å²) in [7, 11) is 1.22. The number of nitrogens with one attached hydrogen (secondary N) is 1. The Bertz CT molecular complexity index is 570. The van der Waals surface area contributed by atoms with Crippen LogP contribution in [0.2, 0.25) is 0 Å². The minimum atomic E-state index is -1.16. The molecule has 1 aromatic carbocycles. The highest BCUT2D eigenvalue weighted by molar-refractivity contribution is 6.03.